The molecule has 0 aliphatic carbocycles. The van der Waals surface area contributed by atoms with E-state index in [0.29, 0.717) is 0 Å². The van der Waals surface area contributed by atoms with Gasteiger partial charge in [0.2, 0.25) is 0 Å². The van der Waals surface area contributed by atoms with E-state index in [2.05, 4.69) is 30.4 Å². The van der Waals surface area contributed by atoms with Gasteiger partial charge >= 0.3 is 0 Å². The Morgan fingerprint density at radius 2 is 2.05 bits per heavy atom. The topological polar surface area (TPSA) is 22.4 Å². The Kier molecular flexibility index (Phi) is 4.66. The van der Waals surface area contributed by atoms with Gasteiger partial charge in [0, 0.05) is 0 Å². The van der Waals surface area contributed by atoms with Gasteiger partial charge in [-0.2, -0.15) is 0 Å². The minimum Gasteiger partial charge on any atom is -0.497 e. The molecule has 1 aliphatic heterocycles. The minimum absolute atomic E-state index is 0.0560. The lowest BCUT2D eigenvalue weighted by molar-refractivity contribution is 0.414. The normalized spacial score (nSPS) is 18.0. The van der Waals surface area contributed by atoms with Crippen LogP contribution in [0, 0.1) is 0 Å². The number of hydrogen-bond donors (Lipinski definition) is 0. The summed E-state index contributed by atoms with van der Waals surface area (Å²) in [4.78, 5) is 0. The van der Waals surface area contributed by atoms with Crippen molar-refractivity contribution in [3.05, 3.63) is 60.1 Å². The van der Waals surface area contributed by atoms with Crippen LogP contribution in [0.3, 0.4) is 0 Å². The van der Waals surface area contributed by atoms with Crippen LogP contribution in [0.5, 0.6) is 5.75 Å². The second-order valence-electron chi connectivity index (χ2n) is 4.80. The first-order valence-corrected chi connectivity index (χ1v) is 8.95. The predicted octanol–water partition coefficient (Wildman–Crippen LogP) is 5.02. The van der Waals surface area contributed by atoms with Crippen molar-refractivity contribution in [3.8, 4) is 5.75 Å². The molecule has 0 atom stereocenters. The molecular weight excluding hydrogens is 300 g/mol. The van der Waals surface area contributed by atoms with E-state index in [4.69, 9.17) is 9.15 Å². The third kappa shape index (κ3) is 3.33. The van der Waals surface area contributed by atoms with Crippen LogP contribution >= 0.6 is 23.5 Å². The number of thioether (sulfide) groups is 2. The van der Waals surface area contributed by atoms with E-state index < -0.39 is 0 Å². The molecule has 0 unspecified atom stereocenters. The number of benzene rings is 1. The number of furan rings is 1. The largest absolute Gasteiger partial charge is 0.497 e. The van der Waals surface area contributed by atoms with Gasteiger partial charge in [0.1, 0.15) is 15.6 Å². The van der Waals surface area contributed by atoms with Crippen LogP contribution in [-0.2, 0) is 4.08 Å². The number of hydrogen-bond acceptors (Lipinski definition) is 4. The van der Waals surface area contributed by atoms with E-state index in [1.165, 1.54) is 23.5 Å². The summed E-state index contributed by atoms with van der Waals surface area (Å²) in [6.45, 7) is 0. The third-order valence-corrected chi connectivity index (χ3v) is 6.70. The molecule has 21 heavy (non-hydrogen) atoms. The monoisotopic (exact) mass is 318 g/mol. The summed E-state index contributed by atoms with van der Waals surface area (Å²) in [7, 11) is 1.71. The van der Waals surface area contributed by atoms with Crippen LogP contribution in [0.2, 0.25) is 0 Å². The lowest BCUT2D eigenvalue weighted by Gasteiger charge is -2.34. The van der Waals surface area contributed by atoms with Gasteiger partial charge in [-0.3, -0.25) is 0 Å². The Labute approximate surface area is 134 Å². The first kappa shape index (κ1) is 14.7. The smallest absolute Gasteiger partial charge is 0.126 e. The van der Waals surface area contributed by atoms with Gasteiger partial charge in [-0.15, -0.1) is 23.5 Å². The summed E-state index contributed by atoms with van der Waals surface area (Å²) in [5.41, 5.74) is 1.28. The average molecular weight is 318 g/mol. The molecule has 1 aliphatic rings. The van der Waals surface area contributed by atoms with Gasteiger partial charge in [0.15, 0.2) is 0 Å². The highest BCUT2D eigenvalue weighted by atomic mass is 32.2. The lowest BCUT2D eigenvalue weighted by Crippen LogP contribution is -2.20. The molecule has 4 heteroatoms. The molecule has 110 valence electrons. The molecule has 0 spiro atoms. The Morgan fingerprint density at radius 1 is 1.19 bits per heavy atom. The Bertz CT molecular complexity index is 599. The highest BCUT2D eigenvalue weighted by Crippen LogP contribution is 2.52. The van der Waals surface area contributed by atoms with Crippen molar-refractivity contribution in [1.29, 1.82) is 0 Å². The molecule has 2 heterocycles. The van der Waals surface area contributed by atoms with Gasteiger partial charge in [-0.05, 0) is 53.8 Å². The molecule has 3 rings (SSSR count). The highest BCUT2D eigenvalue weighted by molar-refractivity contribution is 8.18. The molecular formula is C17H18O2S2. The first-order chi connectivity index (χ1) is 10.3. The van der Waals surface area contributed by atoms with Crippen molar-refractivity contribution in [2.45, 2.75) is 10.5 Å². The molecule has 0 amide bonds. The van der Waals surface area contributed by atoms with Crippen LogP contribution in [0.1, 0.15) is 17.7 Å². The summed E-state index contributed by atoms with van der Waals surface area (Å²) < 4.78 is 10.7. The quantitative estimate of drug-likeness (QED) is 0.789. The second-order valence-corrected chi connectivity index (χ2v) is 7.74. The standard InChI is InChI=1S/C17H18O2S2/c1-18-16-6-2-5-14(13-16)17(20-11-4-12-21-17)9-8-15-7-3-10-19-15/h2-3,5-10,13H,4,11-12H2,1H3. The molecule has 1 fully saturated rings. The fraction of sp³-hybridized carbons (Fsp3) is 0.294. The molecule has 1 saturated heterocycles. The molecule has 0 N–H and O–H groups in total. The summed E-state index contributed by atoms with van der Waals surface area (Å²) in [5, 5.41) is 0. The zero-order chi connectivity index (χ0) is 14.5. The zero-order valence-electron chi connectivity index (χ0n) is 12.0. The number of methoxy groups -OCH3 is 1. The first-order valence-electron chi connectivity index (χ1n) is 6.98. The van der Waals surface area contributed by atoms with Crippen molar-refractivity contribution >= 4 is 29.6 Å². The molecule has 0 saturated carbocycles. The molecule has 0 radical (unpaired) electrons. The lowest BCUT2D eigenvalue weighted by atomic mass is 10.1. The second kappa shape index (κ2) is 6.67. The maximum Gasteiger partial charge on any atom is 0.126 e. The van der Waals surface area contributed by atoms with Crippen molar-refractivity contribution < 1.29 is 9.15 Å². The van der Waals surface area contributed by atoms with Crippen molar-refractivity contribution in [2.24, 2.45) is 0 Å². The minimum atomic E-state index is -0.0560. The Balaban J connectivity index is 1.95. The molecule has 1 aromatic carbocycles. The average Bonchev–Trinajstić information content (AvgIpc) is 3.07. The Hall–Kier alpha value is -1.26. The van der Waals surface area contributed by atoms with E-state index in [9.17, 15) is 0 Å². The SMILES string of the molecule is COc1cccc(C2(C=Cc3ccco3)SCCCS2)c1. The van der Waals surface area contributed by atoms with Crippen molar-refractivity contribution in [2.75, 3.05) is 18.6 Å². The van der Waals surface area contributed by atoms with Crippen LogP contribution in [-0.4, -0.2) is 18.6 Å². The van der Waals surface area contributed by atoms with Crippen LogP contribution < -0.4 is 4.74 Å². The van der Waals surface area contributed by atoms with Gasteiger partial charge in [0.25, 0.3) is 0 Å². The summed E-state index contributed by atoms with van der Waals surface area (Å²) >= 11 is 3.97. The van der Waals surface area contributed by atoms with Gasteiger partial charge in [-0.25, -0.2) is 0 Å². The number of rotatable bonds is 4. The van der Waals surface area contributed by atoms with Crippen LogP contribution in [0.25, 0.3) is 6.08 Å². The number of ether oxygens (including phenoxy) is 1. The van der Waals surface area contributed by atoms with E-state index in [1.807, 2.05) is 41.7 Å². The van der Waals surface area contributed by atoms with Crippen molar-refractivity contribution in [3.63, 3.8) is 0 Å². The van der Waals surface area contributed by atoms with Crippen LogP contribution in [0.15, 0.2) is 53.2 Å². The van der Waals surface area contributed by atoms with Gasteiger partial charge in [-0.1, -0.05) is 18.2 Å². The van der Waals surface area contributed by atoms with Crippen molar-refractivity contribution in [1.82, 2.24) is 0 Å². The fourth-order valence-corrected chi connectivity index (χ4v) is 5.44. The molecule has 1 aromatic heterocycles. The van der Waals surface area contributed by atoms with Crippen LogP contribution in [0.4, 0.5) is 0 Å². The molecule has 2 aromatic rings. The maximum absolute atomic E-state index is 5.42. The molecule has 0 bridgehead atoms. The zero-order valence-corrected chi connectivity index (χ0v) is 13.6. The van der Waals surface area contributed by atoms with E-state index in [-0.39, 0.29) is 4.08 Å². The predicted molar refractivity (Wildman–Crippen MR) is 91.9 cm³/mol. The summed E-state index contributed by atoms with van der Waals surface area (Å²) in [6, 6.07) is 12.3. The maximum atomic E-state index is 5.42. The third-order valence-electron chi connectivity index (χ3n) is 3.40. The summed E-state index contributed by atoms with van der Waals surface area (Å²) in [6.07, 6.45) is 7.30. The van der Waals surface area contributed by atoms with E-state index in [1.54, 1.807) is 13.4 Å². The Morgan fingerprint density at radius 3 is 2.76 bits per heavy atom. The highest BCUT2D eigenvalue weighted by Gasteiger charge is 2.33. The fourth-order valence-electron chi connectivity index (χ4n) is 2.33. The summed E-state index contributed by atoms with van der Waals surface area (Å²) in [5.74, 6) is 4.15. The van der Waals surface area contributed by atoms with E-state index >= 15 is 0 Å². The van der Waals surface area contributed by atoms with Gasteiger partial charge < -0.3 is 9.15 Å². The van der Waals surface area contributed by atoms with E-state index in [0.717, 1.165) is 11.5 Å². The van der Waals surface area contributed by atoms with Gasteiger partial charge in [0.05, 0.1) is 13.4 Å². The molecule has 2 nitrogen and oxygen atoms in total.